The number of hydrogen-bond acceptors (Lipinski definition) is 2. The van der Waals surface area contributed by atoms with Crippen LogP contribution >= 0.6 is 27.5 Å². The molecule has 0 radical (unpaired) electrons. The Hall–Kier alpha value is -0.740. The Morgan fingerprint density at radius 1 is 1.35 bits per heavy atom. The molecule has 0 saturated heterocycles. The molecule has 3 nitrogen and oxygen atoms in total. The maximum Gasteiger partial charge on any atom is 0.258 e. The fourth-order valence-electron chi connectivity index (χ4n) is 1.75. The van der Waals surface area contributed by atoms with Crippen molar-refractivity contribution in [1.82, 2.24) is 5.32 Å². The monoisotopic (exact) mass is 361 g/mol. The van der Waals surface area contributed by atoms with Gasteiger partial charge >= 0.3 is 0 Å². The summed E-state index contributed by atoms with van der Waals surface area (Å²) in [6.07, 6.45) is 0.885. The van der Waals surface area contributed by atoms with Crippen LogP contribution in [-0.2, 0) is 4.79 Å². The van der Waals surface area contributed by atoms with Gasteiger partial charge in [0, 0.05) is 16.4 Å². The largest absolute Gasteiger partial charge is 0.484 e. The Kier molecular flexibility index (Phi) is 6.83. The molecular weight excluding hydrogens is 342 g/mol. The zero-order valence-electron chi connectivity index (χ0n) is 12.1. The highest BCUT2D eigenvalue weighted by molar-refractivity contribution is 9.09. The number of ether oxygens (including phenoxy) is 1. The Morgan fingerprint density at radius 3 is 2.45 bits per heavy atom. The van der Waals surface area contributed by atoms with Crippen molar-refractivity contribution in [3.05, 3.63) is 29.3 Å². The predicted octanol–water partition coefficient (Wildman–Crippen LogP) is 4.03. The molecule has 0 aliphatic carbocycles. The van der Waals surface area contributed by atoms with Gasteiger partial charge in [0.2, 0.25) is 0 Å². The second-order valence-electron chi connectivity index (χ2n) is 5.71. The van der Waals surface area contributed by atoms with E-state index in [2.05, 4.69) is 42.0 Å². The molecule has 1 aromatic rings. The van der Waals surface area contributed by atoms with Gasteiger partial charge in [-0.3, -0.25) is 4.79 Å². The summed E-state index contributed by atoms with van der Waals surface area (Å²) < 4.78 is 5.43. The van der Waals surface area contributed by atoms with Crippen LogP contribution in [0.5, 0.6) is 5.75 Å². The van der Waals surface area contributed by atoms with E-state index >= 15 is 0 Å². The molecule has 1 atom stereocenters. The van der Waals surface area contributed by atoms with Crippen molar-refractivity contribution in [2.75, 3.05) is 11.9 Å². The van der Waals surface area contributed by atoms with Crippen LogP contribution in [0.1, 0.15) is 27.2 Å². The smallest absolute Gasteiger partial charge is 0.258 e. The van der Waals surface area contributed by atoms with Crippen LogP contribution in [0.15, 0.2) is 24.3 Å². The second-order valence-corrected chi connectivity index (χ2v) is 6.94. The van der Waals surface area contributed by atoms with E-state index in [9.17, 15) is 4.79 Å². The first-order valence-corrected chi connectivity index (χ1v) is 8.06. The molecule has 20 heavy (non-hydrogen) atoms. The maximum atomic E-state index is 11.9. The molecule has 1 N–H and O–H groups in total. The van der Waals surface area contributed by atoms with E-state index in [-0.39, 0.29) is 24.0 Å². The standard InChI is InChI=1S/C15H21BrClNO2/c1-15(2,3)13(8-9-16)18-14(19)10-20-12-6-4-11(17)5-7-12/h4-7,13H,8-10H2,1-3H3,(H,18,19). The molecule has 0 aromatic heterocycles. The van der Waals surface area contributed by atoms with E-state index in [4.69, 9.17) is 16.3 Å². The topological polar surface area (TPSA) is 38.3 Å². The molecule has 1 amide bonds. The molecule has 0 aliphatic rings. The number of alkyl halides is 1. The van der Waals surface area contributed by atoms with Gasteiger partial charge in [-0.25, -0.2) is 0 Å². The lowest BCUT2D eigenvalue weighted by molar-refractivity contribution is -0.124. The van der Waals surface area contributed by atoms with Gasteiger partial charge in [0.05, 0.1) is 0 Å². The lowest BCUT2D eigenvalue weighted by atomic mass is 9.85. The van der Waals surface area contributed by atoms with E-state index in [0.717, 1.165) is 11.8 Å². The van der Waals surface area contributed by atoms with Crippen molar-refractivity contribution in [3.8, 4) is 5.75 Å². The molecule has 0 saturated carbocycles. The third kappa shape index (κ3) is 6.14. The van der Waals surface area contributed by atoms with E-state index in [1.807, 2.05) is 0 Å². The van der Waals surface area contributed by atoms with Crippen LogP contribution in [0.3, 0.4) is 0 Å². The lowest BCUT2D eigenvalue weighted by Crippen LogP contribution is -2.45. The van der Waals surface area contributed by atoms with Crippen LogP contribution in [-0.4, -0.2) is 23.9 Å². The minimum atomic E-state index is -0.110. The summed E-state index contributed by atoms with van der Waals surface area (Å²) in [5, 5.41) is 4.52. The Labute approximate surface area is 134 Å². The number of halogens is 2. The summed E-state index contributed by atoms with van der Waals surface area (Å²) in [6.45, 7) is 6.35. The van der Waals surface area contributed by atoms with Crippen LogP contribution in [0.2, 0.25) is 5.02 Å². The normalized spacial score (nSPS) is 12.8. The summed E-state index contributed by atoms with van der Waals surface area (Å²) in [5.74, 6) is 0.526. The summed E-state index contributed by atoms with van der Waals surface area (Å²) in [6, 6.07) is 7.07. The number of hydrogen-bond donors (Lipinski definition) is 1. The molecule has 1 rings (SSSR count). The number of rotatable bonds is 6. The highest BCUT2D eigenvalue weighted by atomic mass is 79.9. The predicted molar refractivity (Wildman–Crippen MR) is 86.7 cm³/mol. The van der Waals surface area contributed by atoms with Gasteiger partial charge in [0.25, 0.3) is 5.91 Å². The Bertz CT molecular complexity index is 428. The third-order valence-electron chi connectivity index (χ3n) is 2.96. The van der Waals surface area contributed by atoms with Crippen molar-refractivity contribution in [2.24, 2.45) is 5.41 Å². The van der Waals surface area contributed by atoms with Crippen molar-refractivity contribution < 1.29 is 9.53 Å². The number of nitrogens with one attached hydrogen (secondary N) is 1. The maximum absolute atomic E-state index is 11.9. The molecule has 0 aliphatic heterocycles. The van der Waals surface area contributed by atoms with Crippen molar-refractivity contribution >= 4 is 33.4 Å². The number of amides is 1. The molecule has 0 heterocycles. The average Bonchev–Trinajstić information content (AvgIpc) is 2.36. The van der Waals surface area contributed by atoms with Crippen LogP contribution in [0.25, 0.3) is 0 Å². The molecule has 0 bridgehead atoms. The van der Waals surface area contributed by atoms with Gasteiger partial charge < -0.3 is 10.1 Å². The van der Waals surface area contributed by atoms with Gasteiger partial charge in [0.1, 0.15) is 5.75 Å². The highest BCUT2D eigenvalue weighted by Gasteiger charge is 2.25. The quantitative estimate of drug-likeness (QED) is 0.776. The van der Waals surface area contributed by atoms with E-state index in [1.165, 1.54) is 0 Å². The molecule has 0 fully saturated rings. The first kappa shape index (κ1) is 17.3. The first-order valence-electron chi connectivity index (χ1n) is 6.56. The minimum Gasteiger partial charge on any atom is -0.484 e. The van der Waals surface area contributed by atoms with Gasteiger partial charge in [-0.15, -0.1) is 0 Å². The second kappa shape index (κ2) is 7.89. The van der Waals surface area contributed by atoms with E-state index in [0.29, 0.717) is 10.8 Å². The van der Waals surface area contributed by atoms with Gasteiger partial charge in [-0.05, 0) is 36.1 Å². The zero-order valence-corrected chi connectivity index (χ0v) is 14.4. The Morgan fingerprint density at radius 2 is 1.95 bits per heavy atom. The Balaban J connectivity index is 2.47. The molecule has 5 heteroatoms. The molecule has 0 spiro atoms. The molecule has 1 aromatic carbocycles. The molecule has 1 unspecified atom stereocenters. The van der Waals surface area contributed by atoms with Crippen LogP contribution < -0.4 is 10.1 Å². The zero-order chi connectivity index (χ0) is 15.2. The SMILES string of the molecule is CC(C)(C)C(CCBr)NC(=O)COc1ccc(Cl)cc1. The summed E-state index contributed by atoms with van der Waals surface area (Å²) in [4.78, 5) is 11.9. The number of benzene rings is 1. The van der Waals surface area contributed by atoms with Crippen molar-refractivity contribution in [2.45, 2.75) is 33.2 Å². The minimum absolute atomic E-state index is 0.0104. The van der Waals surface area contributed by atoms with Crippen molar-refractivity contribution in [3.63, 3.8) is 0 Å². The van der Waals surface area contributed by atoms with Gasteiger partial charge in [0.15, 0.2) is 6.61 Å². The molecule has 112 valence electrons. The fraction of sp³-hybridized carbons (Fsp3) is 0.533. The van der Waals surface area contributed by atoms with E-state index in [1.54, 1.807) is 24.3 Å². The van der Waals surface area contributed by atoms with Crippen LogP contribution in [0, 0.1) is 5.41 Å². The summed E-state index contributed by atoms with van der Waals surface area (Å²) in [5.41, 5.74) is 0.0176. The molecular formula is C15H21BrClNO2. The average molecular weight is 363 g/mol. The number of carbonyl (C=O) groups is 1. The highest BCUT2D eigenvalue weighted by Crippen LogP contribution is 2.22. The van der Waals surface area contributed by atoms with E-state index < -0.39 is 0 Å². The van der Waals surface area contributed by atoms with Gasteiger partial charge in [-0.2, -0.15) is 0 Å². The summed E-state index contributed by atoms with van der Waals surface area (Å²) in [7, 11) is 0. The lowest BCUT2D eigenvalue weighted by Gasteiger charge is -2.31. The fourth-order valence-corrected chi connectivity index (χ4v) is 2.33. The first-order chi connectivity index (χ1) is 9.32. The van der Waals surface area contributed by atoms with Crippen molar-refractivity contribution in [1.29, 1.82) is 0 Å². The van der Waals surface area contributed by atoms with Crippen LogP contribution in [0.4, 0.5) is 0 Å². The van der Waals surface area contributed by atoms with Gasteiger partial charge in [-0.1, -0.05) is 48.3 Å². The third-order valence-corrected chi connectivity index (χ3v) is 3.67. The number of carbonyl (C=O) groups excluding carboxylic acids is 1. The summed E-state index contributed by atoms with van der Waals surface area (Å²) >= 11 is 9.21.